The second-order valence-corrected chi connectivity index (χ2v) is 4.66. The van der Waals surface area contributed by atoms with E-state index in [0.717, 1.165) is 18.5 Å². The number of aryl methyl sites for hydroxylation is 1. The smallest absolute Gasteiger partial charge is 0.308 e. The molecule has 0 bridgehead atoms. The molecule has 1 heterocycles. The average molecular weight is 247 g/mol. The largest absolute Gasteiger partial charge is 0.481 e. The van der Waals surface area contributed by atoms with Gasteiger partial charge in [0.2, 0.25) is 5.91 Å². The summed E-state index contributed by atoms with van der Waals surface area (Å²) in [5.41, 5.74) is 2.03. The monoisotopic (exact) mass is 247 g/mol. The van der Waals surface area contributed by atoms with Gasteiger partial charge >= 0.3 is 5.97 Å². The summed E-state index contributed by atoms with van der Waals surface area (Å²) < 4.78 is 0. The zero-order valence-corrected chi connectivity index (χ0v) is 10.4. The maximum Gasteiger partial charge on any atom is 0.308 e. The molecule has 0 unspecified atom stereocenters. The van der Waals surface area contributed by atoms with Crippen LogP contribution in [0.2, 0.25) is 0 Å². The molecule has 0 aliphatic carbocycles. The number of hydrogen-bond acceptors (Lipinski definition) is 2. The summed E-state index contributed by atoms with van der Waals surface area (Å²) in [6.07, 6.45) is 2.21. The minimum atomic E-state index is -0.895. The number of carboxylic acids is 1. The first-order valence-electron chi connectivity index (χ1n) is 6.24. The molecule has 18 heavy (non-hydrogen) atoms. The zero-order chi connectivity index (χ0) is 13.1. The van der Waals surface area contributed by atoms with Gasteiger partial charge in [-0.3, -0.25) is 9.59 Å². The summed E-state index contributed by atoms with van der Waals surface area (Å²) in [5, 5.41) is 8.93. The zero-order valence-electron chi connectivity index (χ0n) is 10.4. The summed E-state index contributed by atoms with van der Waals surface area (Å²) in [6, 6.07) is 7.79. The van der Waals surface area contributed by atoms with E-state index in [1.807, 2.05) is 24.3 Å². The Morgan fingerprint density at radius 3 is 2.56 bits per heavy atom. The van der Waals surface area contributed by atoms with Gasteiger partial charge in [-0.15, -0.1) is 0 Å². The molecule has 4 nitrogen and oxygen atoms in total. The van der Waals surface area contributed by atoms with Gasteiger partial charge in [-0.25, -0.2) is 0 Å². The van der Waals surface area contributed by atoms with E-state index >= 15 is 0 Å². The molecule has 4 heteroatoms. The van der Waals surface area contributed by atoms with Gasteiger partial charge in [0.15, 0.2) is 0 Å². The number of carbonyl (C=O) groups excluding carboxylic acids is 1. The second kappa shape index (κ2) is 5.21. The first-order valence-corrected chi connectivity index (χ1v) is 6.24. The van der Waals surface area contributed by atoms with Crippen molar-refractivity contribution < 1.29 is 14.7 Å². The van der Waals surface area contributed by atoms with Gasteiger partial charge < -0.3 is 10.0 Å². The predicted molar refractivity (Wildman–Crippen MR) is 68.5 cm³/mol. The molecule has 1 saturated heterocycles. The summed E-state index contributed by atoms with van der Waals surface area (Å²) in [7, 11) is 0. The highest BCUT2D eigenvalue weighted by Crippen LogP contribution is 2.25. The van der Waals surface area contributed by atoms with Gasteiger partial charge in [0.1, 0.15) is 0 Å². The fourth-order valence-corrected chi connectivity index (χ4v) is 2.25. The lowest BCUT2D eigenvalue weighted by molar-refractivity contribution is -0.141. The number of carboxylic acid groups (broad SMARTS) is 1. The third-order valence-electron chi connectivity index (χ3n) is 3.26. The van der Waals surface area contributed by atoms with Crippen molar-refractivity contribution in [2.24, 2.45) is 5.92 Å². The van der Waals surface area contributed by atoms with E-state index in [-0.39, 0.29) is 18.9 Å². The Labute approximate surface area is 106 Å². The number of carbonyl (C=O) groups is 2. The maximum atomic E-state index is 11.8. The van der Waals surface area contributed by atoms with Crippen LogP contribution in [0.5, 0.6) is 0 Å². The van der Waals surface area contributed by atoms with E-state index in [9.17, 15) is 9.59 Å². The summed E-state index contributed by atoms with van der Waals surface area (Å²) in [4.78, 5) is 24.2. The Balaban J connectivity index is 2.12. The van der Waals surface area contributed by atoms with Crippen molar-refractivity contribution in [1.82, 2.24) is 0 Å². The van der Waals surface area contributed by atoms with Gasteiger partial charge in [0, 0.05) is 18.7 Å². The van der Waals surface area contributed by atoms with Crippen LogP contribution in [-0.2, 0) is 16.0 Å². The first kappa shape index (κ1) is 12.6. The number of hydrogen-bond donors (Lipinski definition) is 1. The molecule has 0 aromatic heterocycles. The van der Waals surface area contributed by atoms with Crippen molar-refractivity contribution in [2.75, 3.05) is 11.4 Å². The molecule has 1 aromatic rings. The predicted octanol–water partition coefficient (Wildman–Crippen LogP) is 2.08. The fraction of sp³-hybridized carbons (Fsp3) is 0.429. The van der Waals surface area contributed by atoms with Crippen molar-refractivity contribution in [3.8, 4) is 0 Å². The van der Waals surface area contributed by atoms with Crippen LogP contribution in [-0.4, -0.2) is 23.5 Å². The van der Waals surface area contributed by atoms with Crippen LogP contribution in [0, 0.1) is 5.92 Å². The lowest BCUT2D eigenvalue weighted by atomic mass is 10.1. The van der Waals surface area contributed by atoms with Crippen LogP contribution in [0.15, 0.2) is 24.3 Å². The van der Waals surface area contributed by atoms with Gasteiger partial charge in [-0.2, -0.15) is 0 Å². The van der Waals surface area contributed by atoms with Gasteiger partial charge in [0.05, 0.1) is 5.92 Å². The van der Waals surface area contributed by atoms with Crippen molar-refractivity contribution in [3.05, 3.63) is 29.8 Å². The number of nitrogens with zero attached hydrogens (tertiary/aromatic N) is 1. The number of rotatable bonds is 4. The Kier molecular flexibility index (Phi) is 3.65. The summed E-state index contributed by atoms with van der Waals surface area (Å²) in [6.45, 7) is 2.40. The van der Waals surface area contributed by atoms with E-state index in [1.54, 1.807) is 4.90 Å². The van der Waals surface area contributed by atoms with E-state index < -0.39 is 11.9 Å². The number of benzene rings is 1. The maximum absolute atomic E-state index is 11.8. The third kappa shape index (κ3) is 2.53. The Morgan fingerprint density at radius 2 is 2.06 bits per heavy atom. The second-order valence-electron chi connectivity index (χ2n) is 4.66. The van der Waals surface area contributed by atoms with Crippen molar-refractivity contribution in [3.63, 3.8) is 0 Å². The molecule has 0 saturated carbocycles. The van der Waals surface area contributed by atoms with Gasteiger partial charge in [0.25, 0.3) is 0 Å². The van der Waals surface area contributed by atoms with E-state index in [1.165, 1.54) is 5.56 Å². The molecule has 1 atom stereocenters. The molecule has 0 radical (unpaired) electrons. The van der Waals surface area contributed by atoms with Crippen molar-refractivity contribution in [2.45, 2.75) is 26.2 Å². The van der Waals surface area contributed by atoms with Crippen LogP contribution in [0.4, 0.5) is 5.69 Å². The molecule has 96 valence electrons. The van der Waals surface area contributed by atoms with Crippen LogP contribution in [0.25, 0.3) is 0 Å². The minimum absolute atomic E-state index is 0.103. The van der Waals surface area contributed by atoms with E-state index in [0.29, 0.717) is 0 Å². The highest BCUT2D eigenvalue weighted by atomic mass is 16.4. The molecule has 1 amide bonds. The molecule has 1 N–H and O–H groups in total. The Morgan fingerprint density at radius 1 is 1.39 bits per heavy atom. The van der Waals surface area contributed by atoms with E-state index in [4.69, 9.17) is 5.11 Å². The van der Waals surface area contributed by atoms with Crippen molar-refractivity contribution >= 4 is 17.6 Å². The van der Waals surface area contributed by atoms with Crippen molar-refractivity contribution in [1.29, 1.82) is 0 Å². The topological polar surface area (TPSA) is 57.6 Å². The highest BCUT2D eigenvalue weighted by Gasteiger charge is 2.34. The lowest BCUT2D eigenvalue weighted by Crippen LogP contribution is -2.25. The first-order chi connectivity index (χ1) is 8.61. The standard InChI is InChI=1S/C14H17NO3/c1-2-3-10-4-6-12(7-5-10)15-9-11(14(17)18)8-13(15)16/h4-7,11H,2-3,8-9H2,1H3,(H,17,18)/t11-/m0/s1. The molecule has 2 rings (SSSR count). The minimum Gasteiger partial charge on any atom is -0.481 e. The molecule has 0 spiro atoms. The SMILES string of the molecule is CCCc1ccc(N2C[C@@H](C(=O)O)CC2=O)cc1. The van der Waals surface area contributed by atoms with Gasteiger partial charge in [-0.1, -0.05) is 25.5 Å². The quantitative estimate of drug-likeness (QED) is 0.886. The normalized spacial score (nSPS) is 19.3. The number of anilines is 1. The average Bonchev–Trinajstić information content (AvgIpc) is 2.73. The highest BCUT2D eigenvalue weighted by molar-refractivity contribution is 5.99. The summed E-state index contributed by atoms with van der Waals surface area (Å²) >= 11 is 0. The Bertz CT molecular complexity index is 453. The number of aliphatic carboxylic acids is 1. The van der Waals surface area contributed by atoms with Gasteiger partial charge in [-0.05, 0) is 24.1 Å². The molecule has 1 aliphatic heterocycles. The molecular formula is C14H17NO3. The van der Waals surface area contributed by atoms with Crippen LogP contribution < -0.4 is 4.90 Å². The van der Waals surface area contributed by atoms with Crippen LogP contribution >= 0.6 is 0 Å². The van der Waals surface area contributed by atoms with E-state index in [2.05, 4.69) is 6.92 Å². The molecule has 1 aliphatic rings. The van der Waals surface area contributed by atoms with Crippen LogP contribution in [0.1, 0.15) is 25.3 Å². The Hall–Kier alpha value is -1.84. The molecule has 1 aromatic carbocycles. The molecule has 1 fully saturated rings. The number of amides is 1. The van der Waals surface area contributed by atoms with Crippen LogP contribution in [0.3, 0.4) is 0 Å². The fourth-order valence-electron chi connectivity index (χ4n) is 2.25. The molecular weight excluding hydrogens is 230 g/mol. The third-order valence-corrected chi connectivity index (χ3v) is 3.26. The summed E-state index contributed by atoms with van der Waals surface area (Å²) in [5.74, 6) is -1.58. The lowest BCUT2D eigenvalue weighted by Gasteiger charge is -2.16.